The lowest BCUT2D eigenvalue weighted by atomic mass is 10.1. The molecule has 9 heteroatoms. The quantitative estimate of drug-likeness (QED) is 0.755. The van der Waals surface area contributed by atoms with Crippen molar-refractivity contribution in [3.8, 4) is 11.5 Å². The van der Waals surface area contributed by atoms with Crippen LogP contribution in [0.15, 0.2) is 42.7 Å². The fraction of sp³-hybridized carbons (Fsp3) is 0.333. The van der Waals surface area contributed by atoms with Gasteiger partial charge >= 0.3 is 0 Å². The Kier molecular flexibility index (Phi) is 10.0. The number of benzene rings is 1. The summed E-state index contributed by atoms with van der Waals surface area (Å²) in [6, 6.07) is 8.05. The number of nitrogens with zero attached hydrogens (tertiary/aromatic N) is 1. The summed E-state index contributed by atoms with van der Waals surface area (Å²) in [5, 5.41) is 6.01. The lowest BCUT2D eigenvalue weighted by Crippen LogP contribution is -2.44. The minimum absolute atomic E-state index is 0. The molecule has 148 valence electrons. The van der Waals surface area contributed by atoms with Crippen molar-refractivity contribution >= 4 is 30.7 Å². The zero-order chi connectivity index (χ0) is 17.5. The molecule has 27 heavy (non-hydrogen) atoms. The molecule has 1 aliphatic heterocycles. The zero-order valence-corrected chi connectivity index (χ0v) is 16.2. The van der Waals surface area contributed by atoms with Crippen LogP contribution in [0.25, 0.3) is 0 Å². The highest BCUT2D eigenvalue weighted by Gasteiger charge is 2.16. The molecule has 1 aliphatic rings. The number of ether oxygens (including phenoxy) is 2. The second kappa shape index (κ2) is 11.7. The van der Waals surface area contributed by atoms with Gasteiger partial charge in [-0.3, -0.25) is 9.78 Å². The fourth-order valence-electron chi connectivity index (χ4n) is 2.52. The van der Waals surface area contributed by atoms with Gasteiger partial charge in [-0.25, -0.2) is 4.39 Å². The summed E-state index contributed by atoms with van der Waals surface area (Å²) >= 11 is 0. The van der Waals surface area contributed by atoms with Gasteiger partial charge in [-0.15, -0.1) is 24.8 Å². The van der Waals surface area contributed by atoms with Gasteiger partial charge in [-0.2, -0.15) is 0 Å². The normalized spacial score (nSPS) is 15.8. The monoisotopic (exact) mass is 417 g/mol. The summed E-state index contributed by atoms with van der Waals surface area (Å²) in [5.41, 5.74) is 0.664. The van der Waals surface area contributed by atoms with Gasteiger partial charge in [0.1, 0.15) is 5.75 Å². The second-order valence-electron chi connectivity index (χ2n) is 5.76. The van der Waals surface area contributed by atoms with E-state index in [4.69, 9.17) is 9.47 Å². The molecule has 0 aliphatic carbocycles. The third-order valence-corrected chi connectivity index (χ3v) is 3.78. The number of morpholine rings is 1. The van der Waals surface area contributed by atoms with Crippen LogP contribution in [0.4, 0.5) is 4.39 Å². The van der Waals surface area contributed by atoms with Crippen molar-refractivity contribution < 1.29 is 18.7 Å². The summed E-state index contributed by atoms with van der Waals surface area (Å²) in [7, 11) is 0. The molecule has 1 aromatic carbocycles. The number of nitrogens with one attached hydrogen (secondary N) is 2. The van der Waals surface area contributed by atoms with Gasteiger partial charge in [0.2, 0.25) is 5.91 Å². The smallest absolute Gasteiger partial charge is 0.221 e. The van der Waals surface area contributed by atoms with Gasteiger partial charge in [0.15, 0.2) is 11.6 Å². The molecule has 1 amide bonds. The molecule has 0 saturated carbocycles. The largest absolute Gasteiger partial charge is 0.453 e. The van der Waals surface area contributed by atoms with Crippen LogP contribution in [0, 0.1) is 5.82 Å². The molecule has 1 aromatic heterocycles. The summed E-state index contributed by atoms with van der Waals surface area (Å²) in [4.78, 5) is 15.9. The summed E-state index contributed by atoms with van der Waals surface area (Å²) in [5.74, 6) is -0.00618. The van der Waals surface area contributed by atoms with Gasteiger partial charge in [0.05, 0.1) is 19.4 Å². The van der Waals surface area contributed by atoms with Crippen molar-refractivity contribution in [1.29, 1.82) is 0 Å². The van der Waals surface area contributed by atoms with E-state index in [0.717, 1.165) is 6.54 Å². The first kappa shape index (κ1) is 23.1. The van der Waals surface area contributed by atoms with Gasteiger partial charge in [-0.05, 0) is 29.8 Å². The van der Waals surface area contributed by atoms with Crippen molar-refractivity contribution in [2.75, 3.05) is 19.8 Å². The van der Waals surface area contributed by atoms with Gasteiger partial charge in [-0.1, -0.05) is 6.07 Å². The molecule has 2 N–H and O–H groups in total. The van der Waals surface area contributed by atoms with Crippen LogP contribution < -0.4 is 15.4 Å². The highest BCUT2D eigenvalue weighted by atomic mass is 35.5. The SMILES string of the molecule is Cl.Cl.O=C(CC1COCCN1)NCc1ccc(Oc2cccnc2)c(F)c1. The van der Waals surface area contributed by atoms with E-state index in [9.17, 15) is 9.18 Å². The molecule has 1 atom stereocenters. The number of aromatic nitrogens is 1. The molecule has 2 aromatic rings. The molecular weight excluding hydrogens is 396 g/mol. The van der Waals surface area contributed by atoms with E-state index in [1.807, 2.05) is 0 Å². The number of rotatable bonds is 6. The Morgan fingerprint density at radius 1 is 1.37 bits per heavy atom. The minimum atomic E-state index is -0.488. The van der Waals surface area contributed by atoms with Crippen LogP contribution in [0.1, 0.15) is 12.0 Å². The standard InChI is InChI=1S/C18H20FN3O3.2ClH/c19-16-8-13(3-4-17(16)25-15-2-1-5-20-11-15)10-22-18(23)9-14-12-24-7-6-21-14;;/h1-5,8,11,14,21H,6-7,9-10,12H2,(H,22,23);2*1H. The summed E-state index contributed by atoms with van der Waals surface area (Å²) in [6.07, 6.45) is 3.46. The maximum absolute atomic E-state index is 14.1. The van der Waals surface area contributed by atoms with Crippen LogP contribution in [0.3, 0.4) is 0 Å². The third kappa shape index (κ3) is 7.30. The van der Waals surface area contributed by atoms with Gasteiger partial charge in [0, 0.05) is 31.7 Å². The summed E-state index contributed by atoms with van der Waals surface area (Å²) < 4.78 is 24.9. The predicted octanol–water partition coefficient (Wildman–Crippen LogP) is 2.85. The van der Waals surface area contributed by atoms with Crippen LogP contribution in [-0.2, 0) is 16.1 Å². The number of pyridine rings is 1. The van der Waals surface area contributed by atoms with Crippen molar-refractivity contribution in [1.82, 2.24) is 15.6 Å². The zero-order valence-electron chi connectivity index (χ0n) is 14.5. The number of amides is 1. The predicted molar refractivity (Wildman–Crippen MR) is 104 cm³/mol. The van der Waals surface area contributed by atoms with Crippen LogP contribution in [0.5, 0.6) is 11.5 Å². The van der Waals surface area contributed by atoms with E-state index in [0.29, 0.717) is 30.9 Å². The number of hydrogen-bond donors (Lipinski definition) is 2. The Balaban J connectivity index is 0.00000182. The molecular formula is C18H22Cl2FN3O3. The molecule has 0 radical (unpaired) electrons. The first-order valence-electron chi connectivity index (χ1n) is 8.15. The molecule has 0 bridgehead atoms. The lowest BCUT2D eigenvalue weighted by molar-refractivity contribution is -0.122. The fourth-order valence-corrected chi connectivity index (χ4v) is 2.52. The number of halogens is 3. The first-order chi connectivity index (χ1) is 12.2. The second-order valence-corrected chi connectivity index (χ2v) is 5.76. The van der Waals surface area contributed by atoms with E-state index >= 15 is 0 Å². The van der Waals surface area contributed by atoms with E-state index in [1.54, 1.807) is 30.5 Å². The topological polar surface area (TPSA) is 72.5 Å². The minimum Gasteiger partial charge on any atom is -0.453 e. The van der Waals surface area contributed by atoms with Crippen LogP contribution in [-0.4, -0.2) is 36.7 Å². The van der Waals surface area contributed by atoms with Gasteiger partial charge in [0.25, 0.3) is 0 Å². The number of carbonyl (C=O) groups excluding carboxylic acids is 1. The lowest BCUT2D eigenvalue weighted by Gasteiger charge is -2.23. The molecule has 1 unspecified atom stereocenters. The molecule has 3 rings (SSSR count). The van der Waals surface area contributed by atoms with Crippen molar-refractivity contribution in [2.45, 2.75) is 19.0 Å². The highest BCUT2D eigenvalue weighted by Crippen LogP contribution is 2.24. The maximum atomic E-state index is 14.1. The van der Waals surface area contributed by atoms with Crippen LogP contribution in [0.2, 0.25) is 0 Å². The molecule has 1 saturated heterocycles. The number of carbonyl (C=O) groups is 1. The Labute approximate surface area is 169 Å². The Morgan fingerprint density at radius 3 is 2.89 bits per heavy atom. The maximum Gasteiger partial charge on any atom is 0.221 e. The molecule has 1 fully saturated rings. The average molecular weight is 418 g/mol. The van der Waals surface area contributed by atoms with E-state index in [2.05, 4.69) is 15.6 Å². The Hall–Kier alpha value is -1.93. The van der Waals surface area contributed by atoms with Crippen molar-refractivity contribution in [3.63, 3.8) is 0 Å². The Morgan fingerprint density at radius 2 is 2.22 bits per heavy atom. The highest BCUT2D eigenvalue weighted by molar-refractivity contribution is 5.85. The summed E-state index contributed by atoms with van der Waals surface area (Å²) in [6.45, 7) is 2.21. The van der Waals surface area contributed by atoms with Crippen molar-refractivity contribution in [3.05, 3.63) is 54.1 Å². The Bertz CT molecular complexity index is 716. The van der Waals surface area contributed by atoms with E-state index in [-0.39, 0.29) is 49.1 Å². The number of hydrogen-bond acceptors (Lipinski definition) is 5. The van der Waals surface area contributed by atoms with Crippen LogP contribution >= 0.6 is 24.8 Å². The van der Waals surface area contributed by atoms with E-state index in [1.165, 1.54) is 12.3 Å². The first-order valence-corrected chi connectivity index (χ1v) is 8.15. The molecule has 0 spiro atoms. The van der Waals surface area contributed by atoms with E-state index < -0.39 is 5.82 Å². The average Bonchev–Trinajstić information content (AvgIpc) is 2.64. The molecule has 6 nitrogen and oxygen atoms in total. The van der Waals surface area contributed by atoms with Gasteiger partial charge < -0.3 is 20.1 Å². The third-order valence-electron chi connectivity index (χ3n) is 3.78. The molecule has 2 heterocycles. The van der Waals surface area contributed by atoms with Crippen molar-refractivity contribution in [2.24, 2.45) is 0 Å².